The van der Waals surface area contributed by atoms with Gasteiger partial charge in [0, 0.05) is 39.3 Å². The lowest BCUT2D eigenvalue weighted by Gasteiger charge is -2.36. The highest BCUT2D eigenvalue weighted by atomic mass is 127. The van der Waals surface area contributed by atoms with Crippen molar-refractivity contribution in [2.24, 2.45) is 10.9 Å². The fourth-order valence-corrected chi connectivity index (χ4v) is 3.07. The molecule has 140 valence electrons. The Morgan fingerprint density at radius 2 is 2.00 bits per heavy atom. The largest absolute Gasteiger partial charge is 0.459 e. The van der Waals surface area contributed by atoms with Crippen LogP contribution in [0, 0.1) is 5.92 Å². The highest BCUT2D eigenvalue weighted by molar-refractivity contribution is 14.0. The molecular weight excluding hydrogens is 431 g/mol. The second kappa shape index (κ2) is 10.0. The third kappa shape index (κ3) is 5.90. The van der Waals surface area contributed by atoms with Gasteiger partial charge in [-0.2, -0.15) is 0 Å². The summed E-state index contributed by atoms with van der Waals surface area (Å²) in [5, 5.41) is 3.38. The van der Waals surface area contributed by atoms with Crippen LogP contribution in [0.3, 0.4) is 0 Å². The molecular formula is C18H29IN4O2. The van der Waals surface area contributed by atoms with Gasteiger partial charge in [-0.3, -0.25) is 9.79 Å². The predicted molar refractivity (Wildman–Crippen MR) is 110 cm³/mol. The number of amides is 1. The zero-order chi connectivity index (χ0) is 16.8. The van der Waals surface area contributed by atoms with Crippen LogP contribution < -0.4 is 5.32 Å². The second-order valence-corrected chi connectivity index (χ2v) is 6.58. The van der Waals surface area contributed by atoms with E-state index >= 15 is 0 Å². The minimum atomic E-state index is -0.0222. The molecule has 0 aromatic carbocycles. The Labute approximate surface area is 167 Å². The number of halogens is 1. The van der Waals surface area contributed by atoms with Crippen molar-refractivity contribution < 1.29 is 9.21 Å². The molecule has 1 aliphatic carbocycles. The second-order valence-electron chi connectivity index (χ2n) is 6.58. The quantitative estimate of drug-likeness (QED) is 0.307. The zero-order valence-corrected chi connectivity index (χ0v) is 17.3. The Balaban J connectivity index is 0.00000225. The molecule has 7 heteroatoms. The molecule has 1 saturated carbocycles. The van der Waals surface area contributed by atoms with Crippen molar-refractivity contribution in [3.63, 3.8) is 0 Å². The number of nitrogens with one attached hydrogen (secondary N) is 1. The van der Waals surface area contributed by atoms with Crippen LogP contribution in [-0.4, -0.2) is 60.9 Å². The number of rotatable bonds is 6. The molecule has 1 aliphatic heterocycles. The molecule has 25 heavy (non-hydrogen) atoms. The van der Waals surface area contributed by atoms with E-state index in [0.29, 0.717) is 18.8 Å². The number of aliphatic imine (C=N–C) groups is 1. The number of nitrogens with zero attached hydrogens (tertiary/aromatic N) is 3. The number of piperazine rings is 1. The fraction of sp³-hybridized carbons (Fsp3) is 0.667. The standard InChI is InChI=1S/C18H28N4O2.HI/c1-2-19-18(20-9-3-5-15-7-8-15)22-12-10-21(11-13-22)17(23)16-6-4-14-24-16;/h4,6,14-15H,2-3,5,7-13H2,1H3,(H,19,20);1H. The van der Waals surface area contributed by atoms with Crippen LogP contribution in [0.2, 0.25) is 0 Å². The molecule has 2 fully saturated rings. The van der Waals surface area contributed by atoms with Crippen LogP contribution in [0.5, 0.6) is 0 Å². The molecule has 6 nitrogen and oxygen atoms in total. The molecule has 1 saturated heterocycles. The minimum absolute atomic E-state index is 0. The van der Waals surface area contributed by atoms with E-state index in [9.17, 15) is 4.79 Å². The van der Waals surface area contributed by atoms with E-state index in [1.165, 1.54) is 25.7 Å². The highest BCUT2D eigenvalue weighted by Crippen LogP contribution is 2.33. The number of hydrogen-bond donors (Lipinski definition) is 1. The summed E-state index contributed by atoms with van der Waals surface area (Å²) in [5.41, 5.74) is 0. The van der Waals surface area contributed by atoms with Crippen molar-refractivity contribution in [2.75, 3.05) is 39.3 Å². The molecule has 0 radical (unpaired) electrons. The van der Waals surface area contributed by atoms with Crippen LogP contribution >= 0.6 is 24.0 Å². The zero-order valence-electron chi connectivity index (χ0n) is 14.9. The van der Waals surface area contributed by atoms with Crippen molar-refractivity contribution in [1.82, 2.24) is 15.1 Å². The fourth-order valence-electron chi connectivity index (χ4n) is 3.07. The summed E-state index contributed by atoms with van der Waals surface area (Å²) in [6.07, 6.45) is 6.86. The predicted octanol–water partition coefficient (Wildman–Crippen LogP) is 2.81. The molecule has 0 atom stereocenters. The third-order valence-electron chi connectivity index (χ3n) is 4.66. The topological polar surface area (TPSA) is 61.1 Å². The Kier molecular flexibility index (Phi) is 8.05. The lowest BCUT2D eigenvalue weighted by Crippen LogP contribution is -2.53. The highest BCUT2D eigenvalue weighted by Gasteiger charge is 2.25. The van der Waals surface area contributed by atoms with E-state index in [1.807, 2.05) is 4.90 Å². The average molecular weight is 460 g/mol. The SMILES string of the molecule is CCNC(=NCCCC1CC1)N1CCN(C(=O)c2ccco2)CC1.I. The number of guanidine groups is 1. The van der Waals surface area contributed by atoms with Gasteiger partial charge in [0.05, 0.1) is 6.26 Å². The van der Waals surface area contributed by atoms with Gasteiger partial charge in [0.25, 0.3) is 5.91 Å². The minimum Gasteiger partial charge on any atom is -0.459 e. The molecule has 0 unspecified atom stereocenters. The van der Waals surface area contributed by atoms with Crippen molar-refractivity contribution >= 4 is 35.8 Å². The number of furan rings is 1. The van der Waals surface area contributed by atoms with E-state index < -0.39 is 0 Å². The Morgan fingerprint density at radius 1 is 1.28 bits per heavy atom. The summed E-state index contributed by atoms with van der Waals surface area (Å²) in [5.74, 6) is 2.35. The molecule has 0 spiro atoms. The lowest BCUT2D eigenvalue weighted by molar-refractivity contribution is 0.0657. The van der Waals surface area contributed by atoms with Gasteiger partial charge in [-0.25, -0.2) is 0 Å². The van der Waals surface area contributed by atoms with Crippen LogP contribution in [0.15, 0.2) is 27.8 Å². The molecule has 0 bridgehead atoms. The van der Waals surface area contributed by atoms with Gasteiger partial charge < -0.3 is 19.5 Å². The molecule has 1 N–H and O–H groups in total. The lowest BCUT2D eigenvalue weighted by atomic mass is 10.2. The smallest absolute Gasteiger partial charge is 0.289 e. The molecule has 2 aliphatic rings. The average Bonchev–Trinajstić information content (AvgIpc) is 3.27. The van der Waals surface area contributed by atoms with Crippen molar-refractivity contribution in [3.8, 4) is 0 Å². The monoisotopic (exact) mass is 460 g/mol. The first-order valence-corrected chi connectivity index (χ1v) is 9.14. The molecule has 2 heterocycles. The van der Waals surface area contributed by atoms with Crippen LogP contribution in [0.4, 0.5) is 0 Å². The van der Waals surface area contributed by atoms with Crippen molar-refractivity contribution in [1.29, 1.82) is 0 Å². The first kappa shape index (κ1) is 20.1. The first-order chi connectivity index (χ1) is 11.8. The van der Waals surface area contributed by atoms with E-state index in [-0.39, 0.29) is 29.9 Å². The Hall–Kier alpha value is -1.25. The van der Waals surface area contributed by atoms with Gasteiger partial charge in [0.2, 0.25) is 0 Å². The summed E-state index contributed by atoms with van der Waals surface area (Å²) in [4.78, 5) is 21.2. The van der Waals surface area contributed by atoms with Crippen molar-refractivity contribution in [2.45, 2.75) is 32.6 Å². The number of carbonyl (C=O) groups is 1. The van der Waals surface area contributed by atoms with Gasteiger partial charge in [0.1, 0.15) is 0 Å². The number of hydrogen-bond acceptors (Lipinski definition) is 3. The van der Waals surface area contributed by atoms with E-state index in [1.54, 1.807) is 18.4 Å². The van der Waals surface area contributed by atoms with Crippen LogP contribution in [-0.2, 0) is 0 Å². The maximum Gasteiger partial charge on any atom is 0.289 e. The van der Waals surface area contributed by atoms with Crippen LogP contribution in [0.1, 0.15) is 43.2 Å². The molecule has 3 rings (SSSR count). The maximum absolute atomic E-state index is 12.3. The molecule has 1 aromatic heterocycles. The maximum atomic E-state index is 12.3. The Morgan fingerprint density at radius 3 is 2.60 bits per heavy atom. The summed E-state index contributed by atoms with van der Waals surface area (Å²) in [7, 11) is 0. The van der Waals surface area contributed by atoms with Gasteiger partial charge in [-0.15, -0.1) is 24.0 Å². The third-order valence-corrected chi connectivity index (χ3v) is 4.66. The molecule has 1 amide bonds. The van der Waals surface area contributed by atoms with Gasteiger partial charge >= 0.3 is 0 Å². The normalized spacial score (nSPS) is 18.0. The first-order valence-electron chi connectivity index (χ1n) is 9.14. The Bertz CT molecular complexity index is 549. The summed E-state index contributed by atoms with van der Waals surface area (Å²) < 4.78 is 5.21. The summed E-state index contributed by atoms with van der Waals surface area (Å²) >= 11 is 0. The van der Waals surface area contributed by atoms with Gasteiger partial charge in [-0.05, 0) is 37.8 Å². The van der Waals surface area contributed by atoms with Crippen LogP contribution in [0.25, 0.3) is 0 Å². The van der Waals surface area contributed by atoms with Gasteiger partial charge in [0.15, 0.2) is 11.7 Å². The summed E-state index contributed by atoms with van der Waals surface area (Å²) in [6.45, 7) is 6.87. The van der Waals surface area contributed by atoms with E-state index in [0.717, 1.165) is 38.1 Å². The van der Waals surface area contributed by atoms with E-state index in [2.05, 4.69) is 17.1 Å². The van der Waals surface area contributed by atoms with Gasteiger partial charge in [-0.1, -0.05) is 12.8 Å². The molecule has 1 aromatic rings. The van der Waals surface area contributed by atoms with E-state index in [4.69, 9.17) is 9.41 Å². The van der Waals surface area contributed by atoms with Crippen molar-refractivity contribution in [3.05, 3.63) is 24.2 Å². The number of carbonyl (C=O) groups excluding carboxylic acids is 1. The summed E-state index contributed by atoms with van der Waals surface area (Å²) in [6, 6.07) is 3.47.